The third kappa shape index (κ3) is 3.36. The molecule has 4 rings (SSSR count). The molecule has 1 amide bonds. The summed E-state index contributed by atoms with van der Waals surface area (Å²) in [5.41, 5.74) is 4.13. The number of benzene rings is 2. The van der Waals surface area contributed by atoms with E-state index in [2.05, 4.69) is 35.4 Å². The molecule has 1 atom stereocenters. The number of nitrogens with zero attached hydrogens (tertiary/aromatic N) is 1. The number of amides is 1. The van der Waals surface area contributed by atoms with Gasteiger partial charge in [-0.15, -0.1) is 0 Å². The van der Waals surface area contributed by atoms with Crippen molar-refractivity contribution in [2.75, 3.05) is 5.32 Å². The molecule has 0 saturated heterocycles. The molecule has 1 aliphatic rings. The summed E-state index contributed by atoms with van der Waals surface area (Å²) in [6, 6.07) is 19.7. The van der Waals surface area contributed by atoms with Crippen LogP contribution >= 0.6 is 0 Å². The highest BCUT2D eigenvalue weighted by atomic mass is 16.3. The van der Waals surface area contributed by atoms with Gasteiger partial charge in [-0.1, -0.05) is 42.5 Å². The summed E-state index contributed by atoms with van der Waals surface area (Å²) in [6.45, 7) is 2.12. The number of hydrogen-bond donors (Lipinski definition) is 2. The molecule has 0 fully saturated rings. The average molecular weight is 358 g/mol. The molecule has 27 heavy (non-hydrogen) atoms. The maximum atomic E-state index is 12.5. The number of aryl methyl sites for hydroxylation is 3. The number of carbonyl (C=O) groups is 1. The topological polar surface area (TPSA) is 62.2 Å². The van der Waals surface area contributed by atoms with E-state index in [0.717, 1.165) is 18.4 Å². The normalized spacial score (nSPS) is 18.2. The van der Waals surface area contributed by atoms with E-state index in [1.807, 2.05) is 42.5 Å². The molecule has 0 saturated carbocycles. The monoisotopic (exact) mass is 358 g/mol. The molecule has 4 nitrogen and oxygen atoms in total. The number of hydrogen-bond acceptors (Lipinski definition) is 3. The summed E-state index contributed by atoms with van der Waals surface area (Å²) < 4.78 is 0. The number of rotatable bonds is 5. The Labute approximate surface area is 158 Å². The zero-order valence-corrected chi connectivity index (χ0v) is 15.3. The minimum absolute atomic E-state index is 0.161. The lowest BCUT2D eigenvalue weighted by molar-refractivity contribution is -0.133. The van der Waals surface area contributed by atoms with Gasteiger partial charge in [-0.2, -0.15) is 0 Å². The molecule has 4 heteroatoms. The predicted octanol–water partition coefficient (Wildman–Crippen LogP) is 3.56. The van der Waals surface area contributed by atoms with Crippen molar-refractivity contribution in [2.24, 2.45) is 0 Å². The van der Waals surface area contributed by atoms with Gasteiger partial charge in [0.15, 0.2) is 5.60 Å². The van der Waals surface area contributed by atoms with E-state index in [-0.39, 0.29) is 12.3 Å². The van der Waals surface area contributed by atoms with Gasteiger partial charge in [0.25, 0.3) is 5.91 Å². The molecule has 1 unspecified atom stereocenters. The van der Waals surface area contributed by atoms with Crippen molar-refractivity contribution in [3.8, 4) is 0 Å². The van der Waals surface area contributed by atoms with Crippen molar-refractivity contribution in [3.63, 3.8) is 0 Å². The second kappa shape index (κ2) is 6.97. The number of nitrogens with one attached hydrogen (secondary N) is 1. The van der Waals surface area contributed by atoms with Crippen LogP contribution in [0.3, 0.4) is 0 Å². The van der Waals surface area contributed by atoms with Crippen LogP contribution in [0, 0.1) is 6.92 Å². The standard InChI is InChI=1S/C23H22N2O2/c1-16-6-2-3-7-18(16)11-9-17-10-12-21-20(14-17)23(27,22(26)25-21)15-19-8-4-5-13-24-19/h2-8,10,12-14,27H,9,11,15H2,1H3,(H,25,26). The van der Waals surface area contributed by atoms with Crippen LogP contribution in [0.2, 0.25) is 0 Å². The van der Waals surface area contributed by atoms with Crippen LogP contribution < -0.4 is 5.32 Å². The third-order valence-corrected chi connectivity index (χ3v) is 5.26. The largest absolute Gasteiger partial charge is 0.375 e. The second-order valence-electron chi connectivity index (χ2n) is 7.12. The molecule has 2 N–H and O–H groups in total. The molecule has 0 spiro atoms. The van der Waals surface area contributed by atoms with Gasteiger partial charge in [0.1, 0.15) is 0 Å². The lowest BCUT2D eigenvalue weighted by Gasteiger charge is -2.21. The summed E-state index contributed by atoms with van der Waals surface area (Å²) in [5, 5.41) is 14.0. The van der Waals surface area contributed by atoms with Gasteiger partial charge in [-0.3, -0.25) is 9.78 Å². The Morgan fingerprint density at radius 1 is 1.04 bits per heavy atom. The summed E-state index contributed by atoms with van der Waals surface area (Å²) in [4.78, 5) is 16.8. The fourth-order valence-corrected chi connectivity index (χ4v) is 3.66. The van der Waals surface area contributed by atoms with Crippen LogP contribution in [0.25, 0.3) is 0 Å². The maximum absolute atomic E-state index is 12.5. The first-order valence-electron chi connectivity index (χ1n) is 9.18. The van der Waals surface area contributed by atoms with Crippen LogP contribution in [0.1, 0.15) is 27.9 Å². The predicted molar refractivity (Wildman–Crippen MR) is 105 cm³/mol. The zero-order chi connectivity index (χ0) is 18.9. The van der Waals surface area contributed by atoms with E-state index in [4.69, 9.17) is 0 Å². The number of aromatic nitrogens is 1. The molecule has 2 heterocycles. The minimum Gasteiger partial charge on any atom is -0.375 e. The highest BCUT2D eigenvalue weighted by Crippen LogP contribution is 2.38. The summed E-state index contributed by atoms with van der Waals surface area (Å²) in [6.07, 6.45) is 3.61. The molecule has 1 aliphatic heterocycles. The average Bonchev–Trinajstić information content (AvgIpc) is 2.92. The van der Waals surface area contributed by atoms with Crippen molar-refractivity contribution < 1.29 is 9.90 Å². The third-order valence-electron chi connectivity index (χ3n) is 5.26. The van der Waals surface area contributed by atoms with Gasteiger partial charge in [0.2, 0.25) is 0 Å². The van der Waals surface area contributed by atoms with Gasteiger partial charge < -0.3 is 10.4 Å². The quantitative estimate of drug-likeness (QED) is 0.733. The number of pyridine rings is 1. The van der Waals surface area contributed by atoms with E-state index in [1.54, 1.807) is 6.20 Å². The SMILES string of the molecule is Cc1ccccc1CCc1ccc2c(c1)C(O)(Cc1ccccn1)C(=O)N2. The first kappa shape index (κ1) is 17.4. The zero-order valence-electron chi connectivity index (χ0n) is 15.3. The Morgan fingerprint density at radius 2 is 1.85 bits per heavy atom. The van der Waals surface area contributed by atoms with E-state index in [9.17, 15) is 9.90 Å². The first-order chi connectivity index (χ1) is 13.1. The molecular weight excluding hydrogens is 336 g/mol. The van der Waals surface area contributed by atoms with E-state index < -0.39 is 5.60 Å². The Balaban J connectivity index is 1.60. The number of carbonyl (C=O) groups excluding carboxylic acids is 1. The number of anilines is 1. The van der Waals surface area contributed by atoms with Crippen LogP contribution in [-0.2, 0) is 29.7 Å². The maximum Gasteiger partial charge on any atom is 0.261 e. The smallest absolute Gasteiger partial charge is 0.261 e. The Kier molecular flexibility index (Phi) is 4.50. The molecule has 0 aliphatic carbocycles. The van der Waals surface area contributed by atoms with Crippen LogP contribution in [-0.4, -0.2) is 16.0 Å². The summed E-state index contributed by atoms with van der Waals surface area (Å²) in [5.74, 6) is -0.390. The van der Waals surface area contributed by atoms with Crippen LogP contribution in [0.5, 0.6) is 0 Å². The van der Waals surface area contributed by atoms with E-state index >= 15 is 0 Å². The molecule has 0 radical (unpaired) electrons. The lowest BCUT2D eigenvalue weighted by atomic mass is 9.88. The second-order valence-corrected chi connectivity index (χ2v) is 7.12. The fourth-order valence-electron chi connectivity index (χ4n) is 3.66. The van der Waals surface area contributed by atoms with Crippen molar-refractivity contribution in [1.82, 2.24) is 4.98 Å². The van der Waals surface area contributed by atoms with Crippen LogP contribution in [0.4, 0.5) is 5.69 Å². The number of fused-ring (bicyclic) bond motifs is 1. The Morgan fingerprint density at radius 3 is 2.63 bits per heavy atom. The molecule has 2 aromatic carbocycles. The first-order valence-corrected chi connectivity index (χ1v) is 9.18. The highest BCUT2D eigenvalue weighted by molar-refractivity contribution is 6.05. The molecule has 3 aromatic rings. The number of aliphatic hydroxyl groups is 1. The molecule has 136 valence electrons. The fraction of sp³-hybridized carbons (Fsp3) is 0.217. The van der Waals surface area contributed by atoms with Gasteiger partial charge in [-0.05, 0) is 54.7 Å². The van der Waals surface area contributed by atoms with Gasteiger partial charge in [0.05, 0.1) is 0 Å². The molecule has 0 bridgehead atoms. The van der Waals surface area contributed by atoms with Gasteiger partial charge in [-0.25, -0.2) is 0 Å². The summed E-state index contributed by atoms with van der Waals surface area (Å²) >= 11 is 0. The van der Waals surface area contributed by atoms with Crippen LogP contribution in [0.15, 0.2) is 66.9 Å². The van der Waals surface area contributed by atoms with E-state index in [1.165, 1.54) is 11.1 Å². The minimum atomic E-state index is -1.58. The molecule has 1 aromatic heterocycles. The van der Waals surface area contributed by atoms with Gasteiger partial charge >= 0.3 is 0 Å². The van der Waals surface area contributed by atoms with Crippen molar-refractivity contribution in [2.45, 2.75) is 31.8 Å². The molecular formula is C23H22N2O2. The Hall–Kier alpha value is -2.98. The van der Waals surface area contributed by atoms with Crippen molar-refractivity contribution in [1.29, 1.82) is 0 Å². The lowest BCUT2D eigenvalue weighted by Crippen LogP contribution is -2.36. The Bertz CT molecular complexity index is 985. The highest BCUT2D eigenvalue weighted by Gasteiger charge is 2.45. The van der Waals surface area contributed by atoms with Crippen molar-refractivity contribution >= 4 is 11.6 Å². The van der Waals surface area contributed by atoms with Crippen molar-refractivity contribution in [3.05, 3.63) is 94.8 Å². The summed E-state index contributed by atoms with van der Waals surface area (Å²) in [7, 11) is 0. The van der Waals surface area contributed by atoms with Gasteiger partial charge in [0, 0.05) is 29.6 Å². The van der Waals surface area contributed by atoms with E-state index in [0.29, 0.717) is 16.9 Å².